The van der Waals surface area contributed by atoms with Crippen molar-refractivity contribution in [2.24, 2.45) is 0 Å². The minimum atomic E-state index is -1.49. The van der Waals surface area contributed by atoms with E-state index in [1.54, 1.807) is 18.2 Å². The van der Waals surface area contributed by atoms with E-state index in [4.69, 9.17) is 0 Å². The van der Waals surface area contributed by atoms with Crippen molar-refractivity contribution in [1.82, 2.24) is 0 Å². The van der Waals surface area contributed by atoms with Gasteiger partial charge in [0, 0.05) is 0 Å². The smallest absolute Gasteiger partial charge is 0.142 e. The lowest BCUT2D eigenvalue weighted by molar-refractivity contribution is -0.914. The monoisotopic (exact) mass is 225 g/mol. The zero-order valence-electron chi connectivity index (χ0n) is 9.47. The molecule has 16 heavy (non-hydrogen) atoms. The standard InChI is InChI=1S/C12H19NO3/c1-4-7-13(8-5-2,9-6-3)10-11(14)12(15)16/h4-6,11,14H,1-3,7-10H2. The average Bonchev–Trinajstić information content (AvgIpc) is 2.18. The summed E-state index contributed by atoms with van der Waals surface area (Å²) in [5, 5.41) is 19.9. The first-order valence-corrected chi connectivity index (χ1v) is 5.08. The van der Waals surface area contributed by atoms with Crippen LogP contribution in [0.2, 0.25) is 0 Å². The van der Waals surface area contributed by atoms with Crippen molar-refractivity contribution in [3.05, 3.63) is 38.0 Å². The Morgan fingerprint density at radius 1 is 1.19 bits per heavy atom. The normalized spacial score (nSPS) is 12.8. The summed E-state index contributed by atoms with van der Waals surface area (Å²) in [6.07, 6.45) is 3.58. The van der Waals surface area contributed by atoms with E-state index in [0.29, 0.717) is 24.1 Å². The number of quaternary nitrogens is 1. The summed E-state index contributed by atoms with van der Waals surface area (Å²) < 4.78 is 0.339. The van der Waals surface area contributed by atoms with Gasteiger partial charge in [0.1, 0.15) is 12.6 Å². The van der Waals surface area contributed by atoms with Crippen molar-refractivity contribution < 1.29 is 19.5 Å². The lowest BCUT2D eigenvalue weighted by Gasteiger charge is -2.37. The molecule has 0 saturated heterocycles. The van der Waals surface area contributed by atoms with Crippen LogP contribution in [0.25, 0.3) is 0 Å². The van der Waals surface area contributed by atoms with Crippen molar-refractivity contribution in [3.63, 3.8) is 0 Å². The van der Waals surface area contributed by atoms with Crippen LogP contribution < -0.4 is 5.11 Å². The molecule has 4 nitrogen and oxygen atoms in total. The molecule has 0 aromatic carbocycles. The number of carboxylic acid groups (broad SMARTS) is 1. The third-order valence-electron chi connectivity index (χ3n) is 2.38. The zero-order valence-corrected chi connectivity index (χ0v) is 9.47. The van der Waals surface area contributed by atoms with E-state index >= 15 is 0 Å². The van der Waals surface area contributed by atoms with Crippen molar-refractivity contribution in [1.29, 1.82) is 0 Å². The second-order valence-corrected chi connectivity index (χ2v) is 3.77. The number of aliphatic hydroxyl groups excluding tert-OH is 1. The predicted octanol–water partition coefficient (Wildman–Crippen LogP) is -0.528. The molecule has 0 aliphatic heterocycles. The van der Waals surface area contributed by atoms with Crippen molar-refractivity contribution in [2.45, 2.75) is 6.10 Å². The van der Waals surface area contributed by atoms with Gasteiger partial charge in [-0.2, -0.15) is 0 Å². The Balaban J connectivity index is 4.83. The highest BCUT2D eigenvalue weighted by Gasteiger charge is 2.27. The summed E-state index contributed by atoms with van der Waals surface area (Å²) in [6.45, 7) is 12.6. The molecular weight excluding hydrogens is 206 g/mol. The van der Waals surface area contributed by atoms with Gasteiger partial charge in [0.25, 0.3) is 0 Å². The van der Waals surface area contributed by atoms with Crippen LogP contribution >= 0.6 is 0 Å². The molecule has 1 atom stereocenters. The van der Waals surface area contributed by atoms with Crippen LogP contribution in [0.3, 0.4) is 0 Å². The topological polar surface area (TPSA) is 60.4 Å². The van der Waals surface area contributed by atoms with Gasteiger partial charge in [-0.15, -0.1) is 0 Å². The molecule has 1 unspecified atom stereocenters. The zero-order chi connectivity index (χ0) is 12.6. The summed E-state index contributed by atoms with van der Waals surface area (Å²) in [4.78, 5) is 10.5. The lowest BCUT2D eigenvalue weighted by atomic mass is 10.2. The van der Waals surface area contributed by atoms with E-state index in [0.717, 1.165) is 0 Å². The fourth-order valence-corrected chi connectivity index (χ4v) is 1.71. The van der Waals surface area contributed by atoms with Crippen LogP contribution in [0.4, 0.5) is 0 Å². The maximum Gasteiger partial charge on any atom is 0.142 e. The van der Waals surface area contributed by atoms with E-state index in [2.05, 4.69) is 19.7 Å². The molecule has 0 radical (unpaired) electrons. The quantitative estimate of drug-likeness (QED) is 0.424. The summed E-state index contributed by atoms with van der Waals surface area (Å²) in [7, 11) is 0. The van der Waals surface area contributed by atoms with E-state index < -0.39 is 12.1 Å². The number of nitrogens with zero attached hydrogens (tertiary/aromatic N) is 1. The SMILES string of the molecule is C=CC[N+](CC=C)(CC=C)CC(O)C(=O)[O-]. The van der Waals surface area contributed by atoms with Crippen LogP contribution in [0.15, 0.2) is 38.0 Å². The fraction of sp³-hybridized carbons (Fsp3) is 0.417. The average molecular weight is 225 g/mol. The van der Waals surface area contributed by atoms with Gasteiger partial charge in [0.05, 0.1) is 25.6 Å². The maximum atomic E-state index is 10.5. The summed E-state index contributed by atoms with van der Waals surface area (Å²) in [6, 6.07) is 0. The molecule has 0 aliphatic carbocycles. The molecule has 0 bridgehead atoms. The molecule has 0 heterocycles. The second-order valence-electron chi connectivity index (χ2n) is 3.77. The van der Waals surface area contributed by atoms with Crippen LogP contribution in [-0.2, 0) is 4.79 Å². The van der Waals surface area contributed by atoms with Crippen molar-refractivity contribution in [2.75, 3.05) is 26.2 Å². The first-order chi connectivity index (χ1) is 7.51. The molecule has 0 rings (SSSR count). The van der Waals surface area contributed by atoms with Gasteiger partial charge in [-0.25, -0.2) is 0 Å². The Kier molecular flexibility index (Phi) is 6.37. The van der Waals surface area contributed by atoms with Gasteiger partial charge >= 0.3 is 0 Å². The van der Waals surface area contributed by atoms with E-state index in [1.165, 1.54) is 0 Å². The van der Waals surface area contributed by atoms with Crippen molar-refractivity contribution in [3.8, 4) is 0 Å². The number of carbonyl (C=O) groups is 1. The van der Waals surface area contributed by atoms with E-state index in [-0.39, 0.29) is 6.54 Å². The molecule has 0 saturated carbocycles. The highest BCUT2D eigenvalue weighted by Crippen LogP contribution is 2.09. The van der Waals surface area contributed by atoms with Gasteiger partial charge in [-0.1, -0.05) is 19.7 Å². The first kappa shape index (κ1) is 14.6. The Labute approximate surface area is 96.4 Å². The third-order valence-corrected chi connectivity index (χ3v) is 2.38. The Morgan fingerprint density at radius 3 is 1.81 bits per heavy atom. The Hall–Kier alpha value is -1.39. The number of hydrogen-bond acceptors (Lipinski definition) is 3. The number of rotatable bonds is 9. The van der Waals surface area contributed by atoms with Gasteiger partial charge in [-0.3, -0.25) is 0 Å². The summed E-state index contributed by atoms with van der Waals surface area (Å²) in [5.41, 5.74) is 0. The third kappa shape index (κ3) is 4.42. The fourth-order valence-electron chi connectivity index (χ4n) is 1.71. The molecule has 0 aromatic heterocycles. The molecule has 0 fully saturated rings. The van der Waals surface area contributed by atoms with Crippen LogP contribution in [0.1, 0.15) is 0 Å². The Morgan fingerprint density at radius 2 is 1.56 bits per heavy atom. The van der Waals surface area contributed by atoms with E-state index in [1.807, 2.05) is 0 Å². The number of carboxylic acids is 1. The van der Waals surface area contributed by atoms with Crippen molar-refractivity contribution >= 4 is 5.97 Å². The van der Waals surface area contributed by atoms with Gasteiger partial charge < -0.3 is 19.5 Å². The van der Waals surface area contributed by atoms with Gasteiger partial charge in [0.15, 0.2) is 0 Å². The molecular formula is C12H19NO3. The maximum absolute atomic E-state index is 10.5. The lowest BCUT2D eigenvalue weighted by Crippen LogP contribution is -2.56. The number of hydrogen-bond donors (Lipinski definition) is 1. The van der Waals surface area contributed by atoms with Crippen LogP contribution in [0, 0.1) is 0 Å². The summed E-state index contributed by atoms with van der Waals surface area (Å²) >= 11 is 0. The Bertz CT molecular complexity index is 247. The summed E-state index contributed by atoms with van der Waals surface area (Å²) in [5.74, 6) is -1.46. The minimum absolute atomic E-state index is 0.0619. The molecule has 1 N–H and O–H groups in total. The van der Waals surface area contributed by atoms with Crippen LogP contribution in [-0.4, -0.2) is 47.8 Å². The highest BCUT2D eigenvalue weighted by atomic mass is 16.4. The first-order valence-electron chi connectivity index (χ1n) is 5.08. The predicted molar refractivity (Wildman–Crippen MR) is 61.3 cm³/mol. The van der Waals surface area contributed by atoms with Gasteiger partial charge in [-0.05, 0) is 18.2 Å². The largest absolute Gasteiger partial charge is 0.547 e. The minimum Gasteiger partial charge on any atom is -0.547 e. The molecule has 90 valence electrons. The number of carbonyl (C=O) groups excluding carboxylic acids is 1. The molecule has 0 spiro atoms. The molecule has 0 aromatic rings. The van der Waals surface area contributed by atoms with E-state index in [9.17, 15) is 15.0 Å². The van der Waals surface area contributed by atoms with Crippen LogP contribution in [0.5, 0.6) is 0 Å². The number of aliphatic hydroxyl groups is 1. The molecule has 0 amide bonds. The molecule has 4 heteroatoms. The number of aliphatic carboxylic acids is 1. The second kappa shape index (κ2) is 6.98. The molecule has 0 aliphatic rings. The van der Waals surface area contributed by atoms with Gasteiger partial charge in [0.2, 0.25) is 0 Å². The highest BCUT2D eigenvalue weighted by molar-refractivity contribution is 5.69.